The van der Waals surface area contributed by atoms with Crippen molar-refractivity contribution in [2.24, 2.45) is 0 Å². The Balaban J connectivity index is 2.34. The van der Waals surface area contributed by atoms with E-state index in [4.69, 9.17) is 0 Å². The Morgan fingerprint density at radius 1 is 1.54 bits per heavy atom. The second kappa shape index (κ2) is 2.87. The molecule has 68 valence electrons. The fourth-order valence-corrected chi connectivity index (χ4v) is 1.86. The van der Waals surface area contributed by atoms with Gasteiger partial charge in [-0.15, -0.1) is 0 Å². The van der Waals surface area contributed by atoms with Crippen LogP contribution in [0.5, 0.6) is 0 Å². The lowest BCUT2D eigenvalue weighted by molar-refractivity contribution is 0.547. The van der Waals surface area contributed by atoms with Crippen molar-refractivity contribution in [2.75, 3.05) is 0 Å². The van der Waals surface area contributed by atoms with Crippen molar-refractivity contribution >= 4 is 0 Å². The number of aromatic nitrogens is 2. The van der Waals surface area contributed by atoms with E-state index in [1.165, 1.54) is 5.57 Å². The maximum Gasteiger partial charge on any atom is 0.116 e. The molecule has 2 nitrogen and oxygen atoms in total. The van der Waals surface area contributed by atoms with E-state index >= 15 is 0 Å². The van der Waals surface area contributed by atoms with Crippen LogP contribution >= 0.6 is 0 Å². The Morgan fingerprint density at radius 2 is 2.38 bits per heavy atom. The van der Waals surface area contributed by atoms with Gasteiger partial charge in [0.15, 0.2) is 0 Å². The molecule has 0 radical (unpaired) electrons. The van der Waals surface area contributed by atoms with E-state index < -0.39 is 0 Å². The van der Waals surface area contributed by atoms with Gasteiger partial charge in [0.1, 0.15) is 5.82 Å². The van der Waals surface area contributed by atoms with Gasteiger partial charge in [0.2, 0.25) is 0 Å². The maximum atomic E-state index is 4.31. The topological polar surface area (TPSA) is 28.7 Å². The molecule has 1 aliphatic carbocycles. The first-order valence-corrected chi connectivity index (χ1v) is 4.55. The standard InChI is InChI=1S/C11H14N2/c1-9-4-3-5-11(2,8-9)10-12-6-7-13-10/h3-7H,8H2,1-2H3,(H,12,13). The maximum absolute atomic E-state index is 4.31. The smallest absolute Gasteiger partial charge is 0.116 e. The summed E-state index contributed by atoms with van der Waals surface area (Å²) in [7, 11) is 0. The Bertz CT molecular complexity index is 346. The summed E-state index contributed by atoms with van der Waals surface area (Å²) in [4.78, 5) is 7.49. The lowest BCUT2D eigenvalue weighted by atomic mass is 9.80. The molecule has 0 bridgehead atoms. The first-order chi connectivity index (χ1) is 6.21. The summed E-state index contributed by atoms with van der Waals surface area (Å²) in [6, 6.07) is 0. The summed E-state index contributed by atoms with van der Waals surface area (Å²) >= 11 is 0. The predicted octanol–water partition coefficient (Wildman–Crippen LogP) is 2.57. The third-order valence-electron chi connectivity index (χ3n) is 2.53. The van der Waals surface area contributed by atoms with E-state index in [2.05, 4.69) is 42.0 Å². The molecule has 1 aliphatic rings. The van der Waals surface area contributed by atoms with Gasteiger partial charge >= 0.3 is 0 Å². The van der Waals surface area contributed by atoms with Gasteiger partial charge in [0.25, 0.3) is 0 Å². The Kier molecular flexibility index (Phi) is 1.83. The number of nitrogens with one attached hydrogen (secondary N) is 1. The second-order valence-corrected chi connectivity index (χ2v) is 3.90. The molecule has 1 atom stereocenters. The fourth-order valence-electron chi connectivity index (χ4n) is 1.86. The van der Waals surface area contributed by atoms with Gasteiger partial charge in [-0.2, -0.15) is 0 Å². The molecule has 1 aromatic rings. The van der Waals surface area contributed by atoms with Crippen LogP contribution in [0, 0.1) is 0 Å². The molecule has 0 spiro atoms. The second-order valence-electron chi connectivity index (χ2n) is 3.90. The minimum atomic E-state index is 0.0579. The van der Waals surface area contributed by atoms with Crippen molar-refractivity contribution in [2.45, 2.75) is 25.7 Å². The number of rotatable bonds is 1. The van der Waals surface area contributed by atoms with Crippen LogP contribution < -0.4 is 0 Å². The monoisotopic (exact) mass is 174 g/mol. The lowest BCUT2D eigenvalue weighted by Crippen LogP contribution is -2.22. The molecule has 1 aromatic heterocycles. The van der Waals surface area contributed by atoms with Crippen molar-refractivity contribution in [3.05, 3.63) is 42.0 Å². The van der Waals surface area contributed by atoms with Gasteiger partial charge in [0.05, 0.1) is 0 Å². The summed E-state index contributed by atoms with van der Waals surface area (Å²) in [6.07, 6.45) is 11.2. The number of H-pyrrole nitrogens is 1. The van der Waals surface area contributed by atoms with Crippen molar-refractivity contribution in [1.82, 2.24) is 9.97 Å². The third-order valence-corrected chi connectivity index (χ3v) is 2.53. The van der Waals surface area contributed by atoms with E-state index in [0.29, 0.717) is 0 Å². The summed E-state index contributed by atoms with van der Waals surface area (Å²) in [5.74, 6) is 1.05. The van der Waals surface area contributed by atoms with Crippen LogP contribution in [0.1, 0.15) is 26.1 Å². The third kappa shape index (κ3) is 1.44. The summed E-state index contributed by atoms with van der Waals surface area (Å²) in [6.45, 7) is 4.36. The van der Waals surface area contributed by atoms with Crippen LogP contribution in [-0.4, -0.2) is 9.97 Å². The van der Waals surface area contributed by atoms with E-state index in [1.807, 2.05) is 12.4 Å². The minimum absolute atomic E-state index is 0.0579. The zero-order valence-corrected chi connectivity index (χ0v) is 8.04. The first kappa shape index (κ1) is 8.30. The largest absolute Gasteiger partial charge is 0.348 e. The normalized spacial score (nSPS) is 27.4. The minimum Gasteiger partial charge on any atom is -0.348 e. The lowest BCUT2D eigenvalue weighted by Gasteiger charge is -2.26. The number of allylic oxidation sites excluding steroid dienone is 4. The number of aromatic amines is 1. The highest BCUT2D eigenvalue weighted by atomic mass is 14.9. The number of nitrogens with zero attached hydrogens (tertiary/aromatic N) is 1. The molecule has 0 saturated carbocycles. The highest BCUT2D eigenvalue weighted by Gasteiger charge is 2.27. The Hall–Kier alpha value is -1.31. The van der Waals surface area contributed by atoms with Crippen LogP contribution in [0.4, 0.5) is 0 Å². The van der Waals surface area contributed by atoms with Crippen LogP contribution in [0.25, 0.3) is 0 Å². The van der Waals surface area contributed by atoms with E-state index in [1.54, 1.807) is 0 Å². The van der Waals surface area contributed by atoms with Gasteiger partial charge < -0.3 is 4.98 Å². The molecular weight excluding hydrogens is 160 g/mol. The molecule has 0 fully saturated rings. The molecule has 2 rings (SSSR count). The highest BCUT2D eigenvalue weighted by molar-refractivity contribution is 5.30. The SMILES string of the molecule is CC1=CC=CC(C)(c2ncc[nH]2)C1. The first-order valence-electron chi connectivity index (χ1n) is 4.55. The van der Waals surface area contributed by atoms with Gasteiger partial charge in [-0.25, -0.2) is 4.98 Å². The average molecular weight is 174 g/mol. The molecule has 2 heteroatoms. The van der Waals surface area contributed by atoms with Crippen molar-refractivity contribution in [3.63, 3.8) is 0 Å². The average Bonchev–Trinajstić information content (AvgIpc) is 2.55. The predicted molar refractivity (Wildman–Crippen MR) is 53.5 cm³/mol. The van der Waals surface area contributed by atoms with Gasteiger partial charge in [0, 0.05) is 17.8 Å². The van der Waals surface area contributed by atoms with Crippen LogP contribution in [-0.2, 0) is 5.41 Å². The van der Waals surface area contributed by atoms with Gasteiger partial charge in [-0.05, 0) is 20.3 Å². The Morgan fingerprint density at radius 3 is 3.00 bits per heavy atom. The summed E-state index contributed by atoms with van der Waals surface area (Å²) in [5, 5.41) is 0. The molecule has 0 aliphatic heterocycles. The van der Waals surface area contributed by atoms with Gasteiger partial charge in [-0.3, -0.25) is 0 Å². The molecule has 0 amide bonds. The molecule has 13 heavy (non-hydrogen) atoms. The van der Waals surface area contributed by atoms with Crippen LogP contribution in [0.15, 0.2) is 36.2 Å². The molecular formula is C11H14N2. The number of hydrogen-bond donors (Lipinski definition) is 1. The zero-order valence-electron chi connectivity index (χ0n) is 8.04. The Labute approximate surface area is 78.4 Å². The van der Waals surface area contributed by atoms with Crippen LogP contribution in [0.3, 0.4) is 0 Å². The van der Waals surface area contributed by atoms with E-state index in [9.17, 15) is 0 Å². The molecule has 1 heterocycles. The van der Waals surface area contributed by atoms with Crippen LogP contribution in [0.2, 0.25) is 0 Å². The number of hydrogen-bond acceptors (Lipinski definition) is 1. The molecule has 0 aromatic carbocycles. The van der Waals surface area contributed by atoms with Crippen molar-refractivity contribution in [1.29, 1.82) is 0 Å². The number of imidazole rings is 1. The summed E-state index contributed by atoms with van der Waals surface area (Å²) in [5.41, 5.74) is 1.46. The van der Waals surface area contributed by atoms with Crippen molar-refractivity contribution < 1.29 is 0 Å². The van der Waals surface area contributed by atoms with E-state index in [0.717, 1.165) is 12.2 Å². The molecule has 0 saturated heterocycles. The quantitative estimate of drug-likeness (QED) is 0.696. The fraction of sp³-hybridized carbons (Fsp3) is 0.364. The van der Waals surface area contributed by atoms with Gasteiger partial charge in [-0.1, -0.05) is 23.8 Å². The molecule has 1 unspecified atom stereocenters. The highest BCUT2D eigenvalue weighted by Crippen LogP contribution is 2.32. The van der Waals surface area contributed by atoms with E-state index in [-0.39, 0.29) is 5.41 Å². The van der Waals surface area contributed by atoms with Crippen molar-refractivity contribution in [3.8, 4) is 0 Å². The summed E-state index contributed by atoms with van der Waals surface area (Å²) < 4.78 is 0. The molecule has 1 N–H and O–H groups in total. The zero-order chi connectivity index (χ0) is 9.31.